The average Bonchev–Trinajstić information content (AvgIpc) is 3.90. The summed E-state index contributed by atoms with van der Waals surface area (Å²) in [6.07, 6.45) is -2.29. The summed E-state index contributed by atoms with van der Waals surface area (Å²) in [5.74, 6) is 0.852. The van der Waals surface area contributed by atoms with Crippen LogP contribution in [0.15, 0.2) is 53.5 Å². The van der Waals surface area contributed by atoms with Crippen molar-refractivity contribution in [3.63, 3.8) is 0 Å². The molecule has 1 aromatic heterocycles. The van der Waals surface area contributed by atoms with Crippen molar-refractivity contribution in [2.45, 2.75) is 66.1 Å². The predicted octanol–water partition coefficient (Wildman–Crippen LogP) is 7.73. The van der Waals surface area contributed by atoms with E-state index < -0.39 is 17.8 Å². The van der Waals surface area contributed by atoms with Crippen LogP contribution in [0.4, 0.5) is 29.3 Å². The summed E-state index contributed by atoms with van der Waals surface area (Å²) < 4.78 is 40.5. The summed E-state index contributed by atoms with van der Waals surface area (Å²) >= 11 is 0. The summed E-state index contributed by atoms with van der Waals surface area (Å²) in [6.45, 7) is 13.7. The molecule has 250 valence electrons. The van der Waals surface area contributed by atoms with E-state index in [1.54, 1.807) is 19.2 Å². The maximum Gasteiger partial charge on any atom is 0.416 e. The van der Waals surface area contributed by atoms with Crippen LogP contribution in [0.2, 0.25) is 0 Å². The van der Waals surface area contributed by atoms with Crippen molar-refractivity contribution >= 4 is 23.2 Å². The third-order valence-corrected chi connectivity index (χ3v) is 7.84. The molecule has 5 rings (SSSR count). The Morgan fingerprint density at radius 1 is 0.978 bits per heavy atom. The van der Waals surface area contributed by atoms with Crippen LogP contribution in [-0.4, -0.2) is 66.9 Å². The number of piperazine rings is 1. The van der Waals surface area contributed by atoms with Crippen molar-refractivity contribution < 1.29 is 18.0 Å². The normalized spacial score (nSPS) is 15.7. The van der Waals surface area contributed by atoms with Crippen molar-refractivity contribution in [3.05, 3.63) is 76.6 Å². The van der Waals surface area contributed by atoms with E-state index in [9.17, 15) is 18.0 Å². The van der Waals surface area contributed by atoms with Gasteiger partial charge in [-0.25, -0.2) is 4.79 Å². The van der Waals surface area contributed by atoms with Crippen molar-refractivity contribution in [3.8, 4) is 11.1 Å². The maximum absolute atomic E-state index is 13.5. The molecular weight excluding hydrogens is 591 g/mol. The maximum atomic E-state index is 13.5. The number of nitrogens with one attached hydrogen (secondary N) is 2. The van der Waals surface area contributed by atoms with E-state index in [1.807, 2.05) is 53.8 Å². The number of aromatic nitrogens is 1. The molecule has 8 nitrogen and oxygen atoms in total. The number of likely N-dealkylation sites (N-methyl/N-ethyl adjacent to an activating group) is 1. The zero-order chi connectivity index (χ0) is 34.0. The number of aryl methyl sites for hydroxylation is 1. The fourth-order valence-electron chi connectivity index (χ4n) is 5.22. The van der Waals surface area contributed by atoms with E-state index >= 15 is 0 Å². The Morgan fingerprint density at radius 2 is 1.61 bits per heavy atom. The summed E-state index contributed by atoms with van der Waals surface area (Å²) in [7, 11) is 3.68. The van der Waals surface area contributed by atoms with E-state index in [4.69, 9.17) is 10.7 Å². The first-order chi connectivity index (χ1) is 22.0. The first-order valence-corrected chi connectivity index (χ1v) is 16.1. The number of hydrogen-bond donors (Lipinski definition) is 3. The van der Waals surface area contributed by atoms with Crippen LogP contribution in [0.1, 0.15) is 74.5 Å². The molecule has 2 heterocycles. The van der Waals surface area contributed by atoms with Gasteiger partial charge in [-0.05, 0) is 73.8 Å². The van der Waals surface area contributed by atoms with Gasteiger partial charge in [-0.3, -0.25) is 14.9 Å². The lowest BCUT2D eigenvalue weighted by atomic mass is 9.96. The zero-order valence-corrected chi connectivity index (χ0v) is 28.1. The fraction of sp³-hybridized carbons (Fsp3) is 0.457. The molecule has 2 aliphatic rings. The Morgan fingerprint density at radius 3 is 2.17 bits per heavy atom. The minimum atomic E-state index is -4.52. The molecular formula is C35H48F3N7O. The van der Waals surface area contributed by atoms with Crippen LogP contribution in [0.25, 0.3) is 11.1 Å². The van der Waals surface area contributed by atoms with Gasteiger partial charge in [0.1, 0.15) is 5.84 Å². The van der Waals surface area contributed by atoms with Crippen LogP contribution in [0.5, 0.6) is 0 Å². The number of nitrogens with two attached hydrogens (primary N) is 1. The Hall–Kier alpha value is -3.96. The van der Waals surface area contributed by atoms with Gasteiger partial charge in [0.05, 0.1) is 5.56 Å². The van der Waals surface area contributed by atoms with Gasteiger partial charge in [0.15, 0.2) is 0 Å². The lowest BCUT2D eigenvalue weighted by Gasteiger charge is -2.32. The standard InChI is InChI=1S/C31H36F3N7O.2C2H6/c1-19-28(29(35)36-2)25(17-27(37-19)21-4-5-21)20-7-10-24(11-8-20)38-30(42)39-26-16-23(31(32,33)34)9-6-22(26)18-41-14-12-40(3)13-15-41;2*1-2/h6-11,16-17,21H,4-5,12-15,18H2,1-3H3,(H2,35,36)(H2,38,39,42);2*1-2H3. The van der Waals surface area contributed by atoms with Gasteiger partial charge in [-0.15, -0.1) is 0 Å². The number of amidine groups is 1. The first-order valence-electron chi connectivity index (χ1n) is 16.1. The minimum Gasteiger partial charge on any atom is -0.383 e. The van der Waals surface area contributed by atoms with Crippen LogP contribution in [-0.2, 0) is 12.7 Å². The van der Waals surface area contributed by atoms with E-state index in [0.717, 1.165) is 79.2 Å². The zero-order valence-electron chi connectivity index (χ0n) is 28.1. The van der Waals surface area contributed by atoms with Gasteiger partial charge in [0, 0.05) is 74.0 Å². The number of benzene rings is 2. The smallest absolute Gasteiger partial charge is 0.383 e. The van der Waals surface area contributed by atoms with Crippen LogP contribution in [0, 0.1) is 6.92 Å². The predicted molar refractivity (Wildman–Crippen MR) is 183 cm³/mol. The number of urea groups is 1. The molecule has 2 amide bonds. The second-order valence-corrected chi connectivity index (χ2v) is 11.0. The molecule has 1 saturated heterocycles. The molecule has 2 aromatic carbocycles. The van der Waals surface area contributed by atoms with Gasteiger partial charge in [0.2, 0.25) is 0 Å². The molecule has 0 bridgehead atoms. The lowest BCUT2D eigenvalue weighted by Crippen LogP contribution is -2.44. The Labute approximate surface area is 271 Å². The van der Waals surface area contributed by atoms with E-state index in [1.165, 1.54) is 6.07 Å². The number of hydrogen-bond acceptors (Lipinski definition) is 5. The molecule has 46 heavy (non-hydrogen) atoms. The fourth-order valence-corrected chi connectivity index (χ4v) is 5.22. The van der Waals surface area contributed by atoms with Gasteiger partial charge in [-0.2, -0.15) is 13.2 Å². The number of nitrogens with zero attached hydrogens (tertiary/aromatic N) is 4. The summed E-state index contributed by atoms with van der Waals surface area (Å²) in [6, 6.07) is 12.2. The second kappa shape index (κ2) is 16.6. The number of carbonyl (C=O) groups is 1. The molecule has 3 aromatic rings. The van der Waals surface area contributed by atoms with Gasteiger partial charge >= 0.3 is 12.2 Å². The molecule has 0 unspecified atom stereocenters. The van der Waals surface area contributed by atoms with Crippen molar-refractivity contribution in [2.24, 2.45) is 10.7 Å². The van der Waals surface area contributed by atoms with Gasteiger partial charge in [0.25, 0.3) is 0 Å². The lowest BCUT2D eigenvalue weighted by molar-refractivity contribution is -0.137. The topological polar surface area (TPSA) is 98.9 Å². The highest BCUT2D eigenvalue weighted by molar-refractivity contribution is 6.05. The Bertz CT molecular complexity index is 1480. The van der Waals surface area contributed by atoms with Crippen molar-refractivity contribution in [2.75, 3.05) is 50.9 Å². The van der Waals surface area contributed by atoms with Crippen LogP contribution < -0.4 is 16.4 Å². The van der Waals surface area contributed by atoms with Gasteiger partial charge < -0.3 is 21.3 Å². The molecule has 0 spiro atoms. The van der Waals surface area contributed by atoms with Crippen LogP contribution >= 0.6 is 0 Å². The SMILES string of the molecule is CC.CC.CN=C(N)c1c(-c2ccc(NC(=O)Nc3cc(C(F)(F)F)ccc3CN3CCN(C)CC3)cc2)cc(C2CC2)nc1C. The number of anilines is 2. The molecule has 0 atom stereocenters. The molecule has 1 aliphatic heterocycles. The molecule has 11 heteroatoms. The Kier molecular flexibility index (Phi) is 13.1. The minimum absolute atomic E-state index is 0.136. The van der Waals surface area contributed by atoms with Crippen molar-refractivity contribution in [1.29, 1.82) is 0 Å². The van der Waals surface area contributed by atoms with Crippen molar-refractivity contribution in [1.82, 2.24) is 14.8 Å². The van der Waals surface area contributed by atoms with E-state index in [2.05, 4.69) is 31.5 Å². The number of rotatable bonds is 7. The third-order valence-electron chi connectivity index (χ3n) is 7.84. The summed E-state index contributed by atoms with van der Waals surface area (Å²) in [5.41, 5.74) is 11.1. The number of carbonyl (C=O) groups excluding carboxylic acids is 1. The molecule has 2 fully saturated rings. The van der Waals surface area contributed by atoms with Crippen LogP contribution in [0.3, 0.4) is 0 Å². The molecule has 1 saturated carbocycles. The monoisotopic (exact) mass is 639 g/mol. The molecule has 0 radical (unpaired) electrons. The van der Waals surface area contributed by atoms with E-state index in [0.29, 0.717) is 29.5 Å². The quantitative estimate of drug-likeness (QED) is 0.182. The highest BCUT2D eigenvalue weighted by Crippen LogP contribution is 2.41. The number of amides is 2. The number of pyridine rings is 1. The summed E-state index contributed by atoms with van der Waals surface area (Å²) in [5, 5.41) is 5.41. The number of alkyl halides is 3. The first kappa shape index (κ1) is 36.5. The third kappa shape index (κ3) is 9.53. The molecule has 1 aliphatic carbocycles. The number of aliphatic imine (C=N–C) groups is 1. The second-order valence-electron chi connectivity index (χ2n) is 11.0. The number of halogens is 3. The summed E-state index contributed by atoms with van der Waals surface area (Å²) in [4.78, 5) is 26.3. The Balaban J connectivity index is 0.00000139. The largest absolute Gasteiger partial charge is 0.416 e. The highest BCUT2D eigenvalue weighted by Gasteiger charge is 2.31. The average molecular weight is 640 g/mol. The van der Waals surface area contributed by atoms with E-state index in [-0.39, 0.29) is 5.69 Å². The van der Waals surface area contributed by atoms with Gasteiger partial charge in [-0.1, -0.05) is 45.9 Å². The highest BCUT2D eigenvalue weighted by atomic mass is 19.4. The molecule has 4 N–H and O–H groups in total.